The van der Waals surface area contributed by atoms with Crippen LogP contribution in [0.15, 0.2) is 43.1 Å². The Kier molecular flexibility index (Phi) is 4.74. The highest BCUT2D eigenvalue weighted by Gasteiger charge is 2.19. The summed E-state index contributed by atoms with van der Waals surface area (Å²) in [5.74, 6) is 1.89. The number of aryl methyl sites for hydroxylation is 1. The van der Waals surface area contributed by atoms with Crippen LogP contribution in [0.2, 0.25) is 0 Å². The Labute approximate surface area is 148 Å². The van der Waals surface area contributed by atoms with Gasteiger partial charge in [-0.25, -0.2) is 4.98 Å². The minimum absolute atomic E-state index is 0.733. The predicted molar refractivity (Wildman–Crippen MR) is 99.1 cm³/mol. The van der Waals surface area contributed by atoms with Crippen LogP contribution >= 0.6 is 0 Å². The summed E-state index contributed by atoms with van der Waals surface area (Å²) in [5, 5.41) is 1.21. The van der Waals surface area contributed by atoms with E-state index >= 15 is 0 Å². The molecule has 4 rings (SSSR count). The number of hydrogen-bond acceptors (Lipinski definition) is 4. The summed E-state index contributed by atoms with van der Waals surface area (Å²) in [5.41, 5.74) is 2.44. The largest absolute Gasteiger partial charge is 0.337 e. The summed E-state index contributed by atoms with van der Waals surface area (Å²) in [6, 6.07) is 4.17. The van der Waals surface area contributed by atoms with Crippen LogP contribution in [0, 0.1) is 5.92 Å². The molecule has 0 N–H and O–H groups in total. The first-order chi connectivity index (χ1) is 12.3. The van der Waals surface area contributed by atoms with Crippen molar-refractivity contribution < 1.29 is 0 Å². The van der Waals surface area contributed by atoms with Crippen molar-refractivity contribution in [1.82, 2.24) is 24.4 Å². The lowest BCUT2D eigenvalue weighted by atomic mass is 9.92. The van der Waals surface area contributed by atoms with Crippen LogP contribution in [0.25, 0.3) is 10.9 Å². The maximum absolute atomic E-state index is 4.47. The molecule has 0 aliphatic carbocycles. The summed E-state index contributed by atoms with van der Waals surface area (Å²) < 4.78 is 2.12. The normalized spacial score (nSPS) is 19.2. The van der Waals surface area contributed by atoms with Gasteiger partial charge in [0.15, 0.2) is 0 Å². The van der Waals surface area contributed by atoms with Crippen molar-refractivity contribution in [2.45, 2.75) is 32.2 Å². The molecule has 0 aromatic carbocycles. The SMILES string of the molecule is Cn1ccnc1CN1CCC[C@H](Cc2ccnc3ccncc23)CC1. The van der Waals surface area contributed by atoms with Gasteiger partial charge in [-0.15, -0.1) is 0 Å². The monoisotopic (exact) mass is 335 g/mol. The molecule has 1 aliphatic rings. The fourth-order valence-electron chi connectivity index (χ4n) is 3.87. The first-order valence-corrected chi connectivity index (χ1v) is 9.16. The quantitative estimate of drug-likeness (QED) is 0.734. The Morgan fingerprint density at radius 2 is 2.04 bits per heavy atom. The molecule has 1 atom stereocenters. The molecule has 0 radical (unpaired) electrons. The number of pyridine rings is 2. The van der Waals surface area contributed by atoms with Crippen LogP contribution < -0.4 is 0 Å². The smallest absolute Gasteiger partial charge is 0.122 e. The third-order valence-corrected chi connectivity index (χ3v) is 5.37. The van der Waals surface area contributed by atoms with Crippen molar-refractivity contribution in [1.29, 1.82) is 0 Å². The van der Waals surface area contributed by atoms with Crippen LogP contribution in [0.3, 0.4) is 0 Å². The van der Waals surface area contributed by atoms with Gasteiger partial charge in [0, 0.05) is 43.4 Å². The first-order valence-electron chi connectivity index (χ1n) is 9.16. The number of imidazole rings is 1. The van der Waals surface area contributed by atoms with Gasteiger partial charge in [0.2, 0.25) is 0 Å². The Morgan fingerprint density at radius 3 is 2.92 bits per heavy atom. The lowest BCUT2D eigenvalue weighted by Crippen LogP contribution is -2.26. The zero-order chi connectivity index (χ0) is 17.1. The second-order valence-corrected chi connectivity index (χ2v) is 7.09. The third kappa shape index (κ3) is 3.71. The minimum Gasteiger partial charge on any atom is -0.337 e. The summed E-state index contributed by atoms with van der Waals surface area (Å²) in [7, 11) is 2.07. The van der Waals surface area contributed by atoms with Crippen molar-refractivity contribution in [3.8, 4) is 0 Å². The van der Waals surface area contributed by atoms with Crippen LogP contribution in [-0.4, -0.2) is 37.5 Å². The van der Waals surface area contributed by atoms with E-state index in [1.54, 1.807) is 0 Å². The van der Waals surface area contributed by atoms with Crippen LogP contribution in [0.4, 0.5) is 0 Å². The van der Waals surface area contributed by atoms with Gasteiger partial charge in [-0.2, -0.15) is 0 Å². The molecule has 130 valence electrons. The number of fused-ring (bicyclic) bond motifs is 1. The van der Waals surface area contributed by atoms with Gasteiger partial charge in [-0.3, -0.25) is 14.9 Å². The Balaban J connectivity index is 1.42. The molecule has 25 heavy (non-hydrogen) atoms. The number of nitrogens with zero attached hydrogens (tertiary/aromatic N) is 5. The molecule has 0 spiro atoms. The van der Waals surface area contributed by atoms with Crippen molar-refractivity contribution >= 4 is 10.9 Å². The van der Waals surface area contributed by atoms with Crippen molar-refractivity contribution in [3.05, 3.63) is 54.5 Å². The van der Waals surface area contributed by atoms with E-state index in [0.717, 1.165) is 36.8 Å². The molecular formula is C20H25N5. The highest BCUT2D eigenvalue weighted by molar-refractivity contribution is 5.80. The van der Waals surface area contributed by atoms with E-state index < -0.39 is 0 Å². The molecule has 1 saturated heterocycles. The van der Waals surface area contributed by atoms with Gasteiger partial charge in [-0.05, 0) is 62.4 Å². The minimum atomic E-state index is 0.733. The fourth-order valence-corrected chi connectivity index (χ4v) is 3.87. The molecule has 5 heteroatoms. The molecule has 0 unspecified atom stereocenters. The average molecular weight is 335 g/mol. The fraction of sp³-hybridized carbons (Fsp3) is 0.450. The lowest BCUT2D eigenvalue weighted by Gasteiger charge is -2.20. The van der Waals surface area contributed by atoms with Crippen molar-refractivity contribution in [2.24, 2.45) is 13.0 Å². The summed E-state index contributed by atoms with van der Waals surface area (Å²) in [4.78, 5) is 15.8. The zero-order valence-electron chi connectivity index (χ0n) is 14.8. The Morgan fingerprint density at radius 1 is 1.08 bits per heavy atom. The number of aromatic nitrogens is 4. The van der Waals surface area contributed by atoms with Gasteiger partial charge >= 0.3 is 0 Å². The molecule has 5 nitrogen and oxygen atoms in total. The Hall–Kier alpha value is -2.27. The molecule has 0 saturated carbocycles. The average Bonchev–Trinajstić information content (AvgIpc) is 2.90. The number of likely N-dealkylation sites (tertiary alicyclic amines) is 1. The van der Waals surface area contributed by atoms with E-state index in [-0.39, 0.29) is 0 Å². The zero-order valence-corrected chi connectivity index (χ0v) is 14.8. The van der Waals surface area contributed by atoms with Gasteiger partial charge in [0.25, 0.3) is 0 Å². The first kappa shape index (κ1) is 16.2. The maximum Gasteiger partial charge on any atom is 0.122 e. The molecule has 1 aliphatic heterocycles. The van der Waals surface area contributed by atoms with Crippen molar-refractivity contribution in [2.75, 3.05) is 13.1 Å². The summed E-state index contributed by atoms with van der Waals surface area (Å²) in [6.07, 6.45) is 14.5. The summed E-state index contributed by atoms with van der Waals surface area (Å²) in [6.45, 7) is 3.28. The molecule has 4 heterocycles. The number of hydrogen-bond donors (Lipinski definition) is 0. The van der Waals surface area contributed by atoms with Gasteiger partial charge < -0.3 is 4.57 Å². The molecular weight excluding hydrogens is 310 g/mol. The molecule has 3 aromatic rings. The maximum atomic E-state index is 4.47. The standard InChI is InChI=1S/C20H25N5/c1-24-12-9-23-20(24)15-25-10-2-3-16(6-11-25)13-17-4-8-22-19-5-7-21-14-18(17)19/h4-5,7-9,12,14,16H,2-3,6,10-11,13,15H2,1H3/t16-/m0/s1. The van der Waals surface area contributed by atoms with Gasteiger partial charge in [0.1, 0.15) is 5.82 Å². The number of rotatable bonds is 4. The molecule has 1 fully saturated rings. The van der Waals surface area contributed by atoms with E-state index in [1.165, 1.54) is 36.8 Å². The molecule has 3 aromatic heterocycles. The Bertz CT molecular complexity index is 835. The van der Waals surface area contributed by atoms with Crippen LogP contribution in [0.5, 0.6) is 0 Å². The van der Waals surface area contributed by atoms with E-state index in [4.69, 9.17) is 0 Å². The molecule has 0 bridgehead atoms. The van der Waals surface area contributed by atoms with E-state index in [1.807, 2.05) is 37.1 Å². The van der Waals surface area contributed by atoms with Gasteiger partial charge in [0.05, 0.1) is 12.1 Å². The van der Waals surface area contributed by atoms with E-state index in [0.29, 0.717) is 0 Å². The lowest BCUT2D eigenvalue weighted by molar-refractivity contribution is 0.263. The highest BCUT2D eigenvalue weighted by Crippen LogP contribution is 2.25. The molecule has 0 amide bonds. The predicted octanol–water partition coefficient (Wildman–Crippen LogP) is 3.21. The summed E-state index contributed by atoms with van der Waals surface area (Å²) >= 11 is 0. The topological polar surface area (TPSA) is 46.8 Å². The van der Waals surface area contributed by atoms with Gasteiger partial charge in [-0.1, -0.05) is 0 Å². The highest BCUT2D eigenvalue weighted by atomic mass is 15.2. The third-order valence-electron chi connectivity index (χ3n) is 5.37. The van der Waals surface area contributed by atoms with Crippen molar-refractivity contribution in [3.63, 3.8) is 0 Å². The second kappa shape index (κ2) is 7.31. The van der Waals surface area contributed by atoms with E-state index in [9.17, 15) is 0 Å². The van der Waals surface area contributed by atoms with Crippen LogP contribution in [-0.2, 0) is 20.0 Å². The second-order valence-electron chi connectivity index (χ2n) is 7.09. The van der Waals surface area contributed by atoms with Crippen LogP contribution in [0.1, 0.15) is 30.7 Å². The van der Waals surface area contributed by atoms with E-state index in [2.05, 4.69) is 37.5 Å².